The number of hydrogen-bond acceptors (Lipinski definition) is 3. The van der Waals surface area contributed by atoms with Crippen LogP contribution in [0.15, 0.2) is 18.2 Å². The largest absolute Gasteiger partial charge is 0.493 e. The van der Waals surface area contributed by atoms with Crippen LogP contribution < -0.4 is 10.1 Å². The maximum Gasteiger partial charge on any atom is 0.122 e. The molecule has 116 valence electrons. The van der Waals surface area contributed by atoms with Gasteiger partial charge in [-0.1, -0.05) is 19.1 Å². The van der Waals surface area contributed by atoms with E-state index in [-0.39, 0.29) is 5.54 Å². The van der Waals surface area contributed by atoms with E-state index in [1.165, 1.54) is 17.5 Å². The molecule has 0 aromatic heterocycles. The first-order valence-electron chi connectivity index (χ1n) is 8.31. The molecule has 0 saturated carbocycles. The van der Waals surface area contributed by atoms with Gasteiger partial charge in [-0.2, -0.15) is 0 Å². The highest BCUT2D eigenvalue weighted by Crippen LogP contribution is 2.26. The third-order valence-corrected chi connectivity index (χ3v) is 4.84. The first kappa shape index (κ1) is 14.9. The third kappa shape index (κ3) is 3.41. The van der Waals surface area contributed by atoms with Crippen LogP contribution in [0.2, 0.25) is 0 Å². The molecule has 0 amide bonds. The van der Waals surface area contributed by atoms with Crippen molar-refractivity contribution in [1.29, 1.82) is 0 Å². The summed E-state index contributed by atoms with van der Waals surface area (Å²) < 4.78 is 5.59. The van der Waals surface area contributed by atoms with Gasteiger partial charge in [-0.3, -0.25) is 4.90 Å². The Labute approximate surface area is 128 Å². The number of fused-ring (bicyclic) bond motifs is 1. The van der Waals surface area contributed by atoms with Gasteiger partial charge in [0.25, 0.3) is 0 Å². The van der Waals surface area contributed by atoms with Gasteiger partial charge in [0.2, 0.25) is 0 Å². The fourth-order valence-corrected chi connectivity index (χ4v) is 3.55. The molecule has 1 atom stereocenters. The average molecular weight is 288 g/mol. The zero-order valence-corrected chi connectivity index (χ0v) is 13.6. The summed E-state index contributed by atoms with van der Waals surface area (Å²) in [6.07, 6.45) is 3.43. The summed E-state index contributed by atoms with van der Waals surface area (Å²) in [6.45, 7) is 11.2. The molecule has 1 aromatic rings. The van der Waals surface area contributed by atoms with Crippen molar-refractivity contribution < 1.29 is 4.74 Å². The summed E-state index contributed by atoms with van der Waals surface area (Å²) in [4.78, 5) is 2.67. The maximum absolute atomic E-state index is 5.59. The molecule has 3 nitrogen and oxygen atoms in total. The van der Waals surface area contributed by atoms with E-state index in [1.54, 1.807) is 0 Å². The van der Waals surface area contributed by atoms with Gasteiger partial charge in [0.15, 0.2) is 0 Å². The Bertz CT molecular complexity index is 498. The van der Waals surface area contributed by atoms with Gasteiger partial charge in [-0.15, -0.1) is 0 Å². The number of ether oxygens (including phenoxy) is 1. The Kier molecular flexibility index (Phi) is 4.23. The summed E-state index contributed by atoms with van der Waals surface area (Å²) in [5.74, 6) is 1.09. The molecule has 2 aliphatic rings. The number of nitrogens with zero attached hydrogens (tertiary/aromatic N) is 1. The van der Waals surface area contributed by atoms with Crippen molar-refractivity contribution in [2.24, 2.45) is 0 Å². The van der Waals surface area contributed by atoms with Gasteiger partial charge >= 0.3 is 0 Å². The molecule has 1 aromatic carbocycles. The summed E-state index contributed by atoms with van der Waals surface area (Å²) in [6, 6.07) is 7.40. The minimum atomic E-state index is 0.234. The van der Waals surface area contributed by atoms with Gasteiger partial charge in [0.05, 0.1) is 6.61 Å². The topological polar surface area (TPSA) is 24.5 Å². The number of hydrogen-bond donors (Lipinski definition) is 1. The third-order valence-electron chi connectivity index (χ3n) is 4.84. The van der Waals surface area contributed by atoms with E-state index in [1.807, 2.05) is 0 Å². The van der Waals surface area contributed by atoms with E-state index in [9.17, 15) is 0 Å². The molecule has 0 aliphatic carbocycles. The summed E-state index contributed by atoms with van der Waals surface area (Å²) in [5, 5.41) is 3.66. The van der Waals surface area contributed by atoms with Crippen molar-refractivity contribution >= 4 is 0 Å². The fraction of sp³-hybridized carbons (Fsp3) is 0.667. The van der Waals surface area contributed by atoms with E-state index in [4.69, 9.17) is 4.74 Å². The molecule has 1 unspecified atom stereocenters. The van der Waals surface area contributed by atoms with Crippen molar-refractivity contribution in [2.75, 3.05) is 26.2 Å². The van der Waals surface area contributed by atoms with Crippen LogP contribution in [0.5, 0.6) is 5.75 Å². The molecule has 3 heteroatoms. The second kappa shape index (κ2) is 5.98. The lowest BCUT2D eigenvalue weighted by molar-refractivity contribution is 0.0939. The van der Waals surface area contributed by atoms with Crippen LogP contribution in [0.3, 0.4) is 0 Å². The molecule has 21 heavy (non-hydrogen) atoms. The lowest BCUT2D eigenvalue weighted by Gasteiger charge is -2.44. The molecule has 2 aliphatic heterocycles. The Morgan fingerprint density at radius 1 is 1.38 bits per heavy atom. The average Bonchev–Trinajstić information content (AvgIpc) is 2.92. The quantitative estimate of drug-likeness (QED) is 0.922. The predicted molar refractivity (Wildman–Crippen MR) is 87.1 cm³/mol. The van der Waals surface area contributed by atoms with Crippen molar-refractivity contribution in [1.82, 2.24) is 10.2 Å². The van der Waals surface area contributed by atoms with E-state index in [0.29, 0.717) is 6.04 Å². The highest BCUT2D eigenvalue weighted by atomic mass is 16.5. The van der Waals surface area contributed by atoms with E-state index in [0.717, 1.165) is 44.8 Å². The second-order valence-electron chi connectivity index (χ2n) is 7.09. The zero-order valence-electron chi connectivity index (χ0n) is 13.6. The van der Waals surface area contributed by atoms with E-state index < -0.39 is 0 Å². The standard InChI is InChI=1S/C18H28N2O/c1-4-16-12-19-18(2,3)13-20(16)9-7-14-5-6-17-15(11-14)8-10-21-17/h5-6,11,16,19H,4,7-10,12-13H2,1-3H3. The molecule has 1 N–H and O–H groups in total. The van der Waals surface area contributed by atoms with Crippen LogP contribution in [0, 0.1) is 0 Å². The molecule has 1 saturated heterocycles. The fourth-order valence-electron chi connectivity index (χ4n) is 3.55. The van der Waals surface area contributed by atoms with Gasteiger partial charge in [0.1, 0.15) is 5.75 Å². The SMILES string of the molecule is CCC1CNC(C)(C)CN1CCc1ccc2c(c1)CCO2. The lowest BCUT2D eigenvalue weighted by Crippen LogP contribution is -2.61. The lowest BCUT2D eigenvalue weighted by atomic mass is 9.96. The molecular formula is C18H28N2O. The first-order chi connectivity index (χ1) is 10.1. The van der Waals surface area contributed by atoms with E-state index in [2.05, 4.69) is 49.2 Å². The number of benzene rings is 1. The first-order valence-corrected chi connectivity index (χ1v) is 8.31. The van der Waals surface area contributed by atoms with Crippen LogP contribution in [-0.2, 0) is 12.8 Å². The van der Waals surface area contributed by atoms with Crippen molar-refractivity contribution in [3.05, 3.63) is 29.3 Å². The van der Waals surface area contributed by atoms with Crippen molar-refractivity contribution in [2.45, 2.75) is 51.6 Å². The summed E-state index contributed by atoms with van der Waals surface area (Å²) in [7, 11) is 0. The van der Waals surface area contributed by atoms with Gasteiger partial charge < -0.3 is 10.1 Å². The molecule has 0 bridgehead atoms. The monoisotopic (exact) mass is 288 g/mol. The Balaban J connectivity index is 1.62. The highest BCUT2D eigenvalue weighted by molar-refractivity contribution is 5.39. The smallest absolute Gasteiger partial charge is 0.122 e. The molecule has 0 radical (unpaired) electrons. The molecule has 0 spiro atoms. The normalized spacial score (nSPS) is 24.6. The predicted octanol–water partition coefficient (Wildman–Crippen LogP) is 2.63. The summed E-state index contributed by atoms with van der Waals surface area (Å²) in [5.41, 5.74) is 3.07. The van der Waals surface area contributed by atoms with Gasteiger partial charge in [-0.25, -0.2) is 0 Å². The van der Waals surface area contributed by atoms with Gasteiger partial charge in [-0.05, 0) is 43.9 Å². The molecular weight excluding hydrogens is 260 g/mol. The Morgan fingerprint density at radius 2 is 2.24 bits per heavy atom. The molecule has 2 heterocycles. The molecule has 3 rings (SSSR count). The number of piperazine rings is 1. The number of nitrogens with one attached hydrogen (secondary N) is 1. The van der Waals surface area contributed by atoms with Crippen molar-refractivity contribution in [3.63, 3.8) is 0 Å². The van der Waals surface area contributed by atoms with E-state index >= 15 is 0 Å². The maximum atomic E-state index is 5.59. The van der Waals surface area contributed by atoms with Crippen LogP contribution in [0.4, 0.5) is 0 Å². The second-order valence-corrected chi connectivity index (χ2v) is 7.09. The Hall–Kier alpha value is -1.06. The molecule has 1 fully saturated rings. The Morgan fingerprint density at radius 3 is 3.05 bits per heavy atom. The van der Waals surface area contributed by atoms with Crippen LogP contribution in [0.25, 0.3) is 0 Å². The van der Waals surface area contributed by atoms with Crippen LogP contribution in [0.1, 0.15) is 38.3 Å². The highest BCUT2D eigenvalue weighted by Gasteiger charge is 2.31. The minimum Gasteiger partial charge on any atom is -0.493 e. The zero-order chi connectivity index (χ0) is 14.9. The van der Waals surface area contributed by atoms with Crippen molar-refractivity contribution in [3.8, 4) is 5.75 Å². The van der Waals surface area contributed by atoms with Crippen LogP contribution >= 0.6 is 0 Å². The number of rotatable bonds is 4. The van der Waals surface area contributed by atoms with Crippen LogP contribution in [-0.4, -0.2) is 42.7 Å². The minimum absolute atomic E-state index is 0.234. The summed E-state index contributed by atoms with van der Waals surface area (Å²) >= 11 is 0. The van der Waals surface area contributed by atoms with Gasteiger partial charge in [0, 0.05) is 37.6 Å².